The highest BCUT2D eigenvalue weighted by Gasteiger charge is 2.16. The number of para-hydroxylation sites is 1. The molecule has 0 aliphatic rings. The van der Waals surface area contributed by atoms with Crippen LogP contribution >= 0.6 is 11.3 Å². The number of anilines is 1. The number of rotatable bonds is 5. The molecule has 0 spiro atoms. The van der Waals surface area contributed by atoms with Crippen LogP contribution in [0.15, 0.2) is 23.6 Å². The zero-order valence-corrected chi connectivity index (χ0v) is 11.3. The van der Waals surface area contributed by atoms with E-state index in [-0.39, 0.29) is 17.9 Å². The molecule has 2 rings (SSSR count). The van der Waals surface area contributed by atoms with Gasteiger partial charge in [0.2, 0.25) is 0 Å². The van der Waals surface area contributed by atoms with Gasteiger partial charge < -0.3 is 10.4 Å². The highest BCUT2D eigenvalue weighted by molar-refractivity contribution is 7.09. The van der Waals surface area contributed by atoms with Crippen molar-refractivity contribution in [2.75, 3.05) is 5.32 Å². The summed E-state index contributed by atoms with van der Waals surface area (Å²) in [7, 11) is 0. The van der Waals surface area contributed by atoms with E-state index in [1.54, 1.807) is 19.1 Å². The number of nitro groups is 1. The monoisotopic (exact) mass is 293 g/mol. The van der Waals surface area contributed by atoms with Gasteiger partial charge in [-0.15, -0.1) is 11.3 Å². The molecule has 7 nitrogen and oxygen atoms in total. The average molecular weight is 293 g/mol. The molecular formula is C12H11N3O4S. The minimum Gasteiger partial charge on any atom is -0.476 e. The number of benzene rings is 1. The normalized spacial score (nSPS) is 10.2. The Kier molecular flexibility index (Phi) is 3.94. The largest absolute Gasteiger partial charge is 0.476 e. The van der Waals surface area contributed by atoms with Gasteiger partial charge in [0.15, 0.2) is 5.69 Å². The summed E-state index contributed by atoms with van der Waals surface area (Å²) in [5, 5.41) is 24.7. The Hall–Kier alpha value is -2.48. The maximum Gasteiger partial charge on any atom is 0.355 e. The summed E-state index contributed by atoms with van der Waals surface area (Å²) >= 11 is 1.19. The summed E-state index contributed by atoms with van der Waals surface area (Å²) in [6.07, 6.45) is 0. The minimum absolute atomic E-state index is 0.0139. The van der Waals surface area contributed by atoms with Gasteiger partial charge in [0.25, 0.3) is 5.69 Å². The highest BCUT2D eigenvalue weighted by Crippen LogP contribution is 2.28. The van der Waals surface area contributed by atoms with E-state index >= 15 is 0 Å². The van der Waals surface area contributed by atoms with E-state index in [1.807, 2.05) is 0 Å². The number of aromatic carboxylic acids is 1. The van der Waals surface area contributed by atoms with Crippen LogP contribution in [-0.2, 0) is 6.54 Å². The first-order chi connectivity index (χ1) is 9.49. The molecule has 0 fully saturated rings. The number of hydrogen-bond donors (Lipinski definition) is 2. The number of carboxylic acids is 1. The van der Waals surface area contributed by atoms with Gasteiger partial charge in [-0.1, -0.05) is 12.1 Å². The quantitative estimate of drug-likeness (QED) is 0.648. The fraction of sp³-hybridized carbons (Fsp3) is 0.167. The van der Waals surface area contributed by atoms with Crippen molar-refractivity contribution in [3.63, 3.8) is 0 Å². The van der Waals surface area contributed by atoms with E-state index in [9.17, 15) is 14.9 Å². The third-order valence-corrected chi connectivity index (χ3v) is 3.48. The Bertz CT molecular complexity index is 668. The van der Waals surface area contributed by atoms with Gasteiger partial charge in [-0.05, 0) is 12.5 Å². The Morgan fingerprint density at radius 3 is 2.90 bits per heavy atom. The second kappa shape index (κ2) is 5.66. The van der Waals surface area contributed by atoms with E-state index in [0.717, 1.165) is 5.56 Å². The number of carbonyl (C=O) groups is 1. The zero-order chi connectivity index (χ0) is 14.7. The minimum atomic E-state index is -1.09. The molecule has 0 aliphatic heterocycles. The molecule has 0 unspecified atom stereocenters. The van der Waals surface area contributed by atoms with Crippen molar-refractivity contribution >= 4 is 28.7 Å². The second-order valence-electron chi connectivity index (χ2n) is 4.01. The number of nitrogens with one attached hydrogen (secondary N) is 1. The van der Waals surface area contributed by atoms with Crippen LogP contribution in [0, 0.1) is 17.0 Å². The first-order valence-electron chi connectivity index (χ1n) is 5.64. The standard InChI is InChI=1S/C12H11N3O4S/c1-7-3-2-4-9(15(18)19)11(7)13-5-10-14-8(6-20-10)12(16)17/h2-4,6,13H,5H2,1H3,(H,16,17). The van der Waals surface area contributed by atoms with Crippen LogP contribution < -0.4 is 5.32 Å². The number of aromatic nitrogens is 1. The van der Waals surface area contributed by atoms with Crippen LogP contribution in [0.2, 0.25) is 0 Å². The summed E-state index contributed by atoms with van der Waals surface area (Å²) in [5.41, 5.74) is 1.13. The number of aryl methyl sites for hydroxylation is 1. The van der Waals surface area contributed by atoms with Crippen molar-refractivity contribution in [1.29, 1.82) is 0 Å². The Morgan fingerprint density at radius 2 is 2.30 bits per heavy atom. The lowest BCUT2D eigenvalue weighted by Gasteiger charge is -2.08. The summed E-state index contributed by atoms with van der Waals surface area (Å²) in [6, 6.07) is 4.80. The summed E-state index contributed by atoms with van der Waals surface area (Å²) in [5.74, 6) is -1.09. The number of carboxylic acid groups (broad SMARTS) is 1. The molecule has 0 aliphatic carbocycles. The Labute approximate surface area is 118 Å². The molecule has 2 aromatic rings. The lowest BCUT2D eigenvalue weighted by molar-refractivity contribution is -0.384. The van der Waals surface area contributed by atoms with Crippen molar-refractivity contribution in [2.45, 2.75) is 13.5 Å². The van der Waals surface area contributed by atoms with Gasteiger partial charge in [0.05, 0.1) is 11.5 Å². The topological polar surface area (TPSA) is 105 Å². The first-order valence-corrected chi connectivity index (χ1v) is 6.52. The van der Waals surface area contributed by atoms with Crippen LogP contribution in [0.5, 0.6) is 0 Å². The SMILES string of the molecule is Cc1cccc([N+](=O)[O-])c1NCc1nc(C(=O)O)cs1. The van der Waals surface area contributed by atoms with Crippen LogP contribution in [0.3, 0.4) is 0 Å². The molecule has 0 saturated carbocycles. The lowest BCUT2D eigenvalue weighted by atomic mass is 10.1. The molecule has 1 aromatic carbocycles. The van der Waals surface area contributed by atoms with Gasteiger partial charge in [-0.3, -0.25) is 10.1 Å². The Morgan fingerprint density at radius 1 is 1.55 bits per heavy atom. The zero-order valence-electron chi connectivity index (χ0n) is 10.5. The number of nitro benzene ring substituents is 1. The van der Waals surface area contributed by atoms with E-state index in [4.69, 9.17) is 5.11 Å². The molecule has 104 valence electrons. The maximum absolute atomic E-state index is 11.0. The van der Waals surface area contributed by atoms with Gasteiger partial charge in [0, 0.05) is 11.4 Å². The van der Waals surface area contributed by atoms with E-state index < -0.39 is 10.9 Å². The second-order valence-corrected chi connectivity index (χ2v) is 4.95. The van der Waals surface area contributed by atoms with Crippen LogP contribution in [-0.4, -0.2) is 21.0 Å². The molecule has 8 heteroatoms. The third-order valence-electron chi connectivity index (χ3n) is 2.63. The van der Waals surface area contributed by atoms with E-state index in [2.05, 4.69) is 10.3 Å². The van der Waals surface area contributed by atoms with Crippen molar-refractivity contribution in [3.05, 3.63) is 50.0 Å². The summed E-state index contributed by atoms with van der Waals surface area (Å²) in [4.78, 5) is 25.1. The van der Waals surface area contributed by atoms with Crippen molar-refractivity contribution in [2.24, 2.45) is 0 Å². The van der Waals surface area contributed by atoms with Gasteiger partial charge in [0.1, 0.15) is 10.7 Å². The third kappa shape index (κ3) is 2.91. The fourth-order valence-corrected chi connectivity index (χ4v) is 2.40. The molecular weight excluding hydrogens is 282 g/mol. The van der Waals surface area contributed by atoms with Gasteiger partial charge in [-0.2, -0.15) is 0 Å². The summed E-state index contributed by atoms with van der Waals surface area (Å²) < 4.78 is 0. The number of hydrogen-bond acceptors (Lipinski definition) is 6. The number of thiazole rings is 1. The lowest BCUT2D eigenvalue weighted by Crippen LogP contribution is -2.05. The predicted octanol–water partition coefficient (Wildman–Crippen LogP) is 2.67. The van der Waals surface area contributed by atoms with Crippen LogP contribution in [0.1, 0.15) is 21.1 Å². The molecule has 2 N–H and O–H groups in total. The molecule has 0 amide bonds. The molecule has 0 atom stereocenters. The highest BCUT2D eigenvalue weighted by atomic mass is 32.1. The average Bonchev–Trinajstić information content (AvgIpc) is 2.86. The first kappa shape index (κ1) is 13.9. The molecule has 0 radical (unpaired) electrons. The van der Waals surface area contributed by atoms with Gasteiger partial charge in [-0.25, -0.2) is 9.78 Å². The number of nitrogens with zero attached hydrogens (tertiary/aromatic N) is 2. The molecule has 0 saturated heterocycles. The van der Waals surface area contributed by atoms with Crippen LogP contribution in [0.4, 0.5) is 11.4 Å². The molecule has 20 heavy (non-hydrogen) atoms. The van der Waals surface area contributed by atoms with Crippen molar-refractivity contribution in [1.82, 2.24) is 4.98 Å². The maximum atomic E-state index is 11.0. The van der Waals surface area contributed by atoms with E-state index in [1.165, 1.54) is 22.8 Å². The van der Waals surface area contributed by atoms with E-state index in [0.29, 0.717) is 10.7 Å². The van der Waals surface area contributed by atoms with Crippen molar-refractivity contribution in [3.8, 4) is 0 Å². The predicted molar refractivity (Wildman–Crippen MR) is 74.2 cm³/mol. The molecule has 0 bridgehead atoms. The Balaban J connectivity index is 2.18. The fourth-order valence-electron chi connectivity index (χ4n) is 1.69. The summed E-state index contributed by atoms with van der Waals surface area (Å²) in [6.45, 7) is 2.00. The molecule has 1 aromatic heterocycles. The molecule has 1 heterocycles. The smallest absolute Gasteiger partial charge is 0.355 e. The van der Waals surface area contributed by atoms with Crippen LogP contribution in [0.25, 0.3) is 0 Å². The van der Waals surface area contributed by atoms with Crippen molar-refractivity contribution < 1.29 is 14.8 Å². The van der Waals surface area contributed by atoms with Gasteiger partial charge >= 0.3 is 5.97 Å².